The van der Waals surface area contributed by atoms with Gasteiger partial charge in [-0.15, -0.1) is 11.3 Å². The lowest BCUT2D eigenvalue weighted by Gasteiger charge is -2.37. The summed E-state index contributed by atoms with van der Waals surface area (Å²) in [6.45, 7) is 2.17. The highest BCUT2D eigenvalue weighted by atomic mass is 32.1. The second kappa shape index (κ2) is 3.43. The molecule has 0 radical (unpaired) electrons. The van der Waals surface area contributed by atoms with Crippen molar-refractivity contribution in [2.24, 2.45) is 5.92 Å². The number of hydrogen-bond donors (Lipinski definition) is 1. The summed E-state index contributed by atoms with van der Waals surface area (Å²) < 4.78 is 0. The molecule has 0 bridgehead atoms. The minimum Gasteiger partial charge on any atom is -0.384 e. The Morgan fingerprint density at radius 2 is 2.38 bits per heavy atom. The molecule has 72 valence electrons. The van der Waals surface area contributed by atoms with Crippen LogP contribution in [-0.2, 0) is 5.60 Å². The third kappa shape index (κ3) is 1.53. The molecule has 2 heteroatoms. The largest absolute Gasteiger partial charge is 0.384 e. The van der Waals surface area contributed by atoms with E-state index in [0.717, 1.165) is 17.7 Å². The zero-order valence-electron chi connectivity index (χ0n) is 7.99. The monoisotopic (exact) mass is 196 g/mol. The first-order valence-electron chi connectivity index (χ1n) is 5.00. The van der Waals surface area contributed by atoms with E-state index in [0.29, 0.717) is 5.92 Å². The zero-order chi connectivity index (χ0) is 9.31. The molecular weight excluding hydrogens is 180 g/mol. The molecule has 1 fully saturated rings. The van der Waals surface area contributed by atoms with Gasteiger partial charge in [-0.3, -0.25) is 0 Å². The Morgan fingerprint density at radius 3 is 3.00 bits per heavy atom. The van der Waals surface area contributed by atoms with E-state index in [1.54, 1.807) is 11.3 Å². The molecular formula is C11H16OS. The van der Waals surface area contributed by atoms with Crippen LogP contribution in [0.25, 0.3) is 0 Å². The van der Waals surface area contributed by atoms with Gasteiger partial charge < -0.3 is 5.11 Å². The lowest BCUT2D eigenvalue weighted by molar-refractivity contribution is -0.0437. The molecule has 2 rings (SSSR count). The van der Waals surface area contributed by atoms with E-state index in [9.17, 15) is 5.11 Å². The lowest BCUT2D eigenvalue weighted by atomic mass is 9.75. The molecule has 0 aromatic carbocycles. The van der Waals surface area contributed by atoms with Crippen LogP contribution >= 0.6 is 11.3 Å². The SMILES string of the molecule is CC1CCCCC1(O)c1cccs1. The van der Waals surface area contributed by atoms with E-state index in [1.165, 1.54) is 12.8 Å². The number of thiophene rings is 1. The fourth-order valence-electron chi connectivity index (χ4n) is 2.22. The maximum atomic E-state index is 10.5. The number of rotatable bonds is 1. The van der Waals surface area contributed by atoms with Crippen LogP contribution in [0.2, 0.25) is 0 Å². The van der Waals surface area contributed by atoms with Gasteiger partial charge in [0, 0.05) is 4.88 Å². The van der Waals surface area contributed by atoms with Crippen molar-refractivity contribution in [2.75, 3.05) is 0 Å². The Balaban J connectivity index is 2.27. The lowest BCUT2D eigenvalue weighted by Crippen LogP contribution is -2.35. The molecule has 1 nitrogen and oxygen atoms in total. The number of aliphatic hydroxyl groups is 1. The van der Waals surface area contributed by atoms with Crippen molar-refractivity contribution < 1.29 is 5.11 Å². The molecule has 0 aliphatic heterocycles. The van der Waals surface area contributed by atoms with Crippen molar-refractivity contribution in [3.05, 3.63) is 22.4 Å². The second-order valence-electron chi connectivity index (χ2n) is 4.05. The van der Waals surface area contributed by atoms with Gasteiger partial charge in [-0.1, -0.05) is 25.8 Å². The molecule has 1 aromatic rings. The Hall–Kier alpha value is -0.340. The van der Waals surface area contributed by atoms with Gasteiger partial charge in [0.2, 0.25) is 0 Å². The van der Waals surface area contributed by atoms with Crippen LogP contribution in [0.3, 0.4) is 0 Å². The molecule has 1 heterocycles. The van der Waals surface area contributed by atoms with E-state index >= 15 is 0 Å². The normalized spacial score (nSPS) is 34.8. The summed E-state index contributed by atoms with van der Waals surface area (Å²) in [5.41, 5.74) is -0.521. The van der Waals surface area contributed by atoms with Crippen LogP contribution in [0.15, 0.2) is 17.5 Å². The van der Waals surface area contributed by atoms with E-state index in [2.05, 4.69) is 18.4 Å². The summed E-state index contributed by atoms with van der Waals surface area (Å²) in [7, 11) is 0. The van der Waals surface area contributed by atoms with E-state index in [-0.39, 0.29) is 0 Å². The average Bonchev–Trinajstić information content (AvgIpc) is 2.63. The summed E-state index contributed by atoms with van der Waals surface area (Å²) in [4.78, 5) is 1.15. The fourth-order valence-corrected chi connectivity index (χ4v) is 3.19. The third-order valence-electron chi connectivity index (χ3n) is 3.21. The third-order valence-corrected chi connectivity index (χ3v) is 4.24. The van der Waals surface area contributed by atoms with Gasteiger partial charge in [0.15, 0.2) is 0 Å². The molecule has 0 amide bonds. The molecule has 1 N–H and O–H groups in total. The van der Waals surface area contributed by atoms with Crippen molar-refractivity contribution >= 4 is 11.3 Å². The first-order valence-corrected chi connectivity index (χ1v) is 5.88. The highest BCUT2D eigenvalue weighted by Crippen LogP contribution is 2.42. The Bertz CT molecular complexity index is 268. The Labute approximate surface area is 83.4 Å². The molecule has 13 heavy (non-hydrogen) atoms. The highest BCUT2D eigenvalue weighted by Gasteiger charge is 2.38. The summed E-state index contributed by atoms with van der Waals surface area (Å²) in [5.74, 6) is 0.417. The van der Waals surface area contributed by atoms with Crippen molar-refractivity contribution in [1.82, 2.24) is 0 Å². The van der Waals surface area contributed by atoms with Gasteiger partial charge in [-0.05, 0) is 30.2 Å². The van der Waals surface area contributed by atoms with Gasteiger partial charge in [-0.2, -0.15) is 0 Å². The van der Waals surface area contributed by atoms with Gasteiger partial charge in [0.25, 0.3) is 0 Å². The molecule has 1 saturated carbocycles. The van der Waals surface area contributed by atoms with Gasteiger partial charge >= 0.3 is 0 Å². The van der Waals surface area contributed by atoms with Crippen LogP contribution in [0, 0.1) is 5.92 Å². The zero-order valence-corrected chi connectivity index (χ0v) is 8.81. The maximum absolute atomic E-state index is 10.5. The first kappa shape index (κ1) is 9.22. The minimum atomic E-state index is -0.521. The van der Waals surface area contributed by atoms with E-state index < -0.39 is 5.60 Å². The summed E-state index contributed by atoms with van der Waals surface area (Å²) in [5, 5.41) is 12.6. The predicted octanol–water partition coefficient (Wildman–Crippen LogP) is 3.15. The van der Waals surface area contributed by atoms with Gasteiger partial charge in [0.1, 0.15) is 5.60 Å². The summed E-state index contributed by atoms with van der Waals surface area (Å²) >= 11 is 1.68. The molecule has 1 aliphatic carbocycles. The molecule has 2 unspecified atom stereocenters. The van der Waals surface area contributed by atoms with Crippen LogP contribution in [-0.4, -0.2) is 5.11 Å². The van der Waals surface area contributed by atoms with Crippen molar-refractivity contribution in [3.8, 4) is 0 Å². The minimum absolute atomic E-state index is 0.417. The quantitative estimate of drug-likeness (QED) is 0.731. The fraction of sp³-hybridized carbons (Fsp3) is 0.636. The maximum Gasteiger partial charge on any atom is 0.101 e. The molecule has 2 atom stereocenters. The van der Waals surface area contributed by atoms with Gasteiger partial charge in [-0.25, -0.2) is 0 Å². The smallest absolute Gasteiger partial charge is 0.101 e. The van der Waals surface area contributed by atoms with Crippen LogP contribution in [0.5, 0.6) is 0 Å². The van der Waals surface area contributed by atoms with E-state index in [4.69, 9.17) is 0 Å². The Kier molecular flexibility index (Phi) is 2.43. The van der Waals surface area contributed by atoms with Crippen molar-refractivity contribution in [2.45, 2.75) is 38.2 Å². The van der Waals surface area contributed by atoms with Crippen molar-refractivity contribution in [3.63, 3.8) is 0 Å². The Morgan fingerprint density at radius 1 is 1.54 bits per heavy atom. The van der Waals surface area contributed by atoms with Crippen LogP contribution in [0.1, 0.15) is 37.5 Å². The first-order chi connectivity index (χ1) is 6.23. The van der Waals surface area contributed by atoms with E-state index in [1.807, 2.05) is 6.07 Å². The molecule has 1 aliphatic rings. The van der Waals surface area contributed by atoms with Crippen LogP contribution in [0.4, 0.5) is 0 Å². The molecule has 0 saturated heterocycles. The standard InChI is InChI=1S/C11H16OS/c1-9-5-2-3-7-11(9,12)10-6-4-8-13-10/h4,6,8-9,12H,2-3,5,7H2,1H3. The van der Waals surface area contributed by atoms with Crippen LogP contribution < -0.4 is 0 Å². The highest BCUT2D eigenvalue weighted by molar-refractivity contribution is 7.10. The van der Waals surface area contributed by atoms with Crippen molar-refractivity contribution in [1.29, 1.82) is 0 Å². The summed E-state index contributed by atoms with van der Waals surface area (Å²) in [6.07, 6.45) is 4.54. The topological polar surface area (TPSA) is 20.2 Å². The molecule has 0 spiro atoms. The molecule has 1 aromatic heterocycles. The average molecular weight is 196 g/mol. The summed E-state index contributed by atoms with van der Waals surface area (Å²) in [6, 6.07) is 4.09. The number of hydrogen-bond acceptors (Lipinski definition) is 2. The predicted molar refractivity (Wildman–Crippen MR) is 55.8 cm³/mol. The van der Waals surface area contributed by atoms with Gasteiger partial charge in [0.05, 0.1) is 0 Å². The second-order valence-corrected chi connectivity index (χ2v) is 5.00.